The zero-order valence-corrected chi connectivity index (χ0v) is 13.8. The molecule has 0 atom stereocenters. The van der Waals surface area contributed by atoms with Gasteiger partial charge in [-0.2, -0.15) is 0 Å². The first-order chi connectivity index (χ1) is 10.5. The van der Waals surface area contributed by atoms with Gasteiger partial charge in [-0.05, 0) is 63.3 Å². The molecule has 4 aliphatic rings. The van der Waals surface area contributed by atoms with Crippen molar-refractivity contribution < 1.29 is 8.42 Å². The van der Waals surface area contributed by atoms with Gasteiger partial charge >= 0.3 is 0 Å². The minimum atomic E-state index is -3.19. The summed E-state index contributed by atoms with van der Waals surface area (Å²) < 4.78 is 27.1. The highest BCUT2D eigenvalue weighted by atomic mass is 32.2. The Morgan fingerprint density at radius 1 is 1.23 bits per heavy atom. The second-order valence-electron chi connectivity index (χ2n) is 7.59. The summed E-state index contributed by atoms with van der Waals surface area (Å²) in [4.78, 5) is 0. The fourth-order valence-corrected chi connectivity index (χ4v) is 6.02. The summed E-state index contributed by atoms with van der Waals surface area (Å²) in [5, 5.41) is 8.62. The van der Waals surface area contributed by atoms with E-state index in [2.05, 4.69) is 15.0 Å². The highest BCUT2D eigenvalue weighted by Gasteiger charge is 2.52. The number of rotatable bonds is 5. The average molecular weight is 324 g/mol. The predicted molar refractivity (Wildman–Crippen MR) is 82.7 cm³/mol. The SMILES string of the molecule is CNS(=O)(=O)CCn1cc(C23CC4CC(CC(C4)C2)C3)nn1. The Morgan fingerprint density at radius 2 is 1.82 bits per heavy atom. The highest BCUT2D eigenvalue weighted by molar-refractivity contribution is 7.89. The van der Waals surface area contributed by atoms with E-state index in [0.29, 0.717) is 6.54 Å². The van der Waals surface area contributed by atoms with E-state index < -0.39 is 10.0 Å². The molecule has 4 aliphatic carbocycles. The molecule has 0 aliphatic heterocycles. The summed E-state index contributed by atoms with van der Waals surface area (Å²) in [5.41, 5.74) is 1.34. The second kappa shape index (κ2) is 5.03. The molecule has 1 aromatic rings. The average Bonchev–Trinajstić information content (AvgIpc) is 2.94. The summed E-state index contributed by atoms with van der Waals surface area (Å²) in [6.45, 7) is 0.364. The van der Waals surface area contributed by atoms with Crippen molar-refractivity contribution in [2.45, 2.75) is 50.5 Å². The van der Waals surface area contributed by atoms with Gasteiger partial charge in [0.2, 0.25) is 10.0 Å². The molecule has 0 amide bonds. The number of hydrogen-bond donors (Lipinski definition) is 1. The molecule has 4 bridgehead atoms. The van der Waals surface area contributed by atoms with E-state index in [1.165, 1.54) is 45.6 Å². The molecule has 0 unspecified atom stereocenters. The topological polar surface area (TPSA) is 76.9 Å². The van der Waals surface area contributed by atoms with Gasteiger partial charge in [-0.3, -0.25) is 4.68 Å². The van der Waals surface area contributed by atoms with Crippen LogP contribution in [0.15, 0.2) is 6.20 Å². The monoisotopic (exact) mass is 324 g/mol. The quantitative estimate of drug-likeness (QED) is 0.885. The van der Waals surface area contributed by atoms with Gasteiger partial charge in [0.25, 0.3) is 0 Å². The summed E-state index contributed by atoms with van der Waals surface area (Å²) in [6.07, 6.45) is 10.00. The third kappa shape index (κ3) is 2.48. The number of nitrogens with one attached hydrogen (secondary N) is 1. The normalized spacial score (nSPS) is 36.9. The van der Waals surface area contributed by atoms with Crippen LogP contribution in [0, 0.1) is 17.8 Å². The van der Waals surface area contributed by atoms with Crippen molar-refractivity contribution in [2.24, 2.45) is 17.8 Å². The van der Waals surface area contributed by atoms with Crippen LogP contribution >= 0.6 is 0 Å². The largest absolute Gasteiger partial charge is 0.251 e. The van der Waals surface area contributed by atoms with Crippen molar-refractivity contribution in [3.05, 3.63) is 11.9 Å². The van der Waals surface area contributed by atoms with Crippen LogP contribution < -0.4 is 4.72 Å². The molecule has 1 heterocycles. The van der Waals surface area contributed by atoms with Gasteiger partial charge in [-0.25, -0.2) is 13.1 Å². The van der Waals surface area contributed by atoms with Crippen molar-refractivity contribution in [1.82, 2.24) is 19.7 Å². The lowest BCUT2D eigenvalue weighted by atomic mass is 9.49. The van der Waals surface area contributed by atoms with Crippen molar-refractivity contribution in [2.75, 3.05) is 12.8 Å². The van der Waals surface area contributed by atoms with Gasteiger partial charge in [0.05, 0.1) is 18.0 Å². The number of nitrogens with zero attached hydrogens (tertiary/aromatic N) is 3. The third-order valence-corrected chi connectivity index (χ3v) is 7.36. The fourth-order valence-electron chi connectivity index (χ4n) is 5.39. The molecule has 5 rings (SSSR count). The van der Waals surface area contributed by atoms with E-state index in [0.717, 1.165) is 23.4 Å². The molecule has 122 valence electrons. The molecular formula is C15H24N4O2S. The van der Waals surface area contributed by atoms with Crippen LogP contribution in [0.2, 0.25) is 0 Å². The molecule has 0 saturated heterocycles. The number of aryl methyl sites for hydroxylation is 1. The molecule has 7 heteroatoms. The Labute approximate surface area is 131 Å². The summed E-state index contributed by atoms with van der Waals surface area (Å²) in [7, 11) is -1.75. The van der Waals surface area contributed by atoms with Crippen molar-refractivity contribution >= 4 is 10.0 Å². The van der Waals surface area contributed by atoms with Gasteiger partial charge in [0, 0.05) is 11.6 Å². The van der Waals surface area contributed by atoms with Gasteiger partial charge in [-0.1, -0.05) is 5.21 Å². The maximum Gasteiger partial charge on any atom is 0.213 e. The number of sulfonamides is 1. The lowest BCUT2D eigenvalue weighted by molar-refractivity contribution is -0.00725. The van der Waals surface area contributed by atoms with Crippen LogP contribution in [0.4, 0.5) is 0 Å². The standard InChI is InChI=1S/C15H24N4O2S/c1-16-22(20,21)3-2-19-10-14(17-18-19)15-7-11-4-12(8-15)6-13(5-11)9-15/h10-13,16H,2-9H2,1H3. The maximum atomic E-state index is 11.5. The van der Waals surface area contributed by atoms with Gasteiger partial charge < -0.3 is 0 Å². The Hall–Kier alpha value is -0.950. The predicted octanol–water partition coefficient (Wildman–Crippen LogP) is 1.30. The molecule has 0 radical (unpaired) electrons. The molecule has 0 aromatic carbocycles. The van der Waals surface area contributed by atoms with Crippen LogP contribution in [0.1, 0.15) is 44.2 Å². The molecule has 6 nitrogen and oxygen atoms in total. The van der Waals surface area contributed by atoms with Crippen molar-refractivity contribution in [3.63, 3.8) is 0 Å². The van der Waals surface area contributed by atoms with Crippen molar-refractivity contribution in [3.8, 4) is 0 Å². The van der Waals surface area contributed by atoms with Crippen LogP contribution in [-0.2, 0) is 22.0 Å². The second-order valence-corrected chi connectivity index (χ2v) is 9.63. The van der Waals surface area contributed by atoms with Crippen LogP contribution in [0.3, 0.4) is 0 Å². The van der Waals surface area contributed by atoms with Crippen LogP contribution in [-0.4, -0.2) is 36.2 Å². The summed E-state index contributed by atoms with van der Waals surface area (Å²) in [6, 6.07) is 0. The summed E-state index contributed by atoms with van der Waals surface area (Å²) in [5.74, 6) is 2.68. The van der Waals surface area contributed by atoms with Gasteiger partial charge in [-0.15, -0.1) is 5.10 Å². The minimum absolute atomic E-state index is 0.0488. The highest BCUT2D eigenvalue weighted by Crippen LogP contribution is 2.60. The van der Waals surface area contributed by atoms with E-state index in [-0.39, 0.29) is 11.2 Å². The van der Waals surface area contributed by atoms with Gasteiger partial charge in [0.15, 0.2) is 0 Å². The lowest BCUT2D eigenvalue weighted by Crippen LogP contribution is -2.48. The molecule has 1 aromatic heterocycles. The van der Waals surface area contributed by atoms with E-state index in [4.69, 9.17) is 0 Å². The molecule has 22 heavy (non-hydrogen) atoms. The molecule has 1 N–H and O–H groups in total. The lowest BCUT2D eigenvalue weighted by Gasteiger charge is -2.56. The first kappa shape index (κ1) is 14.6. The fraction of sp³-hybridized carbons (Fsp3) is 0.867. The van der Waals surface area contributed by atoms with Gasteiger partial charge in [0.1, 0.15) is 0 Å². The Kier molecular flexibility index (Phi) is 3.34. The maximum absolute atomic E-state index is 11.5. The summed E-state index contributed by atoms with van der Waals surface area (Å²) >= 11 is 0. The van der Waals surface area contributed by atoms with Crippen LogP contribution in [0.25, 0.3) is 0 Å². The zero-order chi connectivity index (χ0) is 15.4. The Bertz CT molecular complexity index is 632. The third-order valence-electron chi connectivity index (χ3n) is 6.02. The first-order valence-corrected chi connectivity index (χ1v) is 9.95. The zero-order valence-electron chi connectivity index (χ0n) is 13.0. The van der Waals surface area contributed by atoms with Crippen LogP contribution in [0.5, 0.6) is 0 Å². The van der Waals surface area contributed by atoms with E-state index in [1.54, 1.807) is 4.68 Å². The molecule has 0 spiro atoms. The number of hydrogen-bond acceptors (Lipinski definition) is 4. The first-order valence-electron chi connectivity index (χ1n) is 8.30. The van der Waals surface area contributed by atoms with Crippen molar-refractivity contribution in [1.29, 1.82) is 0 Å². The van der Waals surface area contributed by atoms with E-state index in [9.17, 15) is 8.42 Å². The molecular weight excluding hydrogens is 300 g/mol. The Morgan fingerprint density at radius 3 is 2.36 bits per heavy atom. The van der Waals surface area contributed by atoms with E-state index >= 15 is 0 Å². The smallest absolute Gasteiger partial charge is 0.213 e. The number of aromatic nitrogens is 3. The van der Waals surface area contributed by atoms with E-state index in [1.807, 2.05) is 6.20 Å². The molecule has 4 fully saturated rings. The molecule has 4 saturated carbocycles. The Balaban J connectivity index is 1.52. The minimum Gasteiger partial charge on any atom is -0.251 e.